The quantitative estimate of drug-likeness (QED) is 0.146. The van der Waals surface area contributed by atoms with Gasteiger partial charge >= 0.3 is 0 Å². The highest BCUT2D eigenvalue weighted by molar-refractivity contribution is 7.99. The molecule has 2 N–H and O–H groups in total. The fourth-order valence-electron chi connectivity index (χ4n) is 2.72. The Bertz CT molecular complexity index is 1260. The predicted octanol–water partition coefficient (Wildman–Crippen LogP) is 2.43. The molecule has 0 aliphatic carbocycles. The van der Waals surface area contributed by atoms with Gasteiger partial charge in [0, 0.05) is 36.5 Å². The van der Waals surface area contributed by atoms with Gasteiger partial charge in [-0.3, -0.25) is 50.0 Å². The van der Waals surface area contributed by atoms with Gasteiger partial charge in [-0.1, -0.05) is 0 Å². The van der Waals surface area contributed by atoms with E-state index in [0.29, 0.717) is 11.5 Å². The number of non-ortho nitro benzene ring substituents is 2. The van der Waals surface area contributed by atoms with Gasteiger partial charge in [0.15, 0.2) is 0 Å². The summed E-state index contributed by atoms with van der Waals surface area (Å²) >= 11 is 1.26. The molecule has 0 aliphatic rings. The van der Waals surface area contributed by atoms with Crippen molar-refractivity contribution in [2.75, 3.05) is 11.5 Å². The van der Waals surface area contributed by atoms with Crippen LogP contribution in [0.5, 0.6) is 0 Å². The Hall–Kier alpha value is -5.33. The highest BCUT2D eigenvalue weighted by Crippen LogP contribution is 2.24. The van der Waals surface area contributed by atoms with E-state index in [1.165, 1.54) is 11.8 Å². The summed E-state index contributed by atoms with van der Waals surface area (Å²) in [5.74, 6) is -0.404. The van der Waals surface area contributed by atoms with Gasteiger partial charge in [0.2, 0.25) is 11.8 Å². The zero-order chi connectivity index (χ0) is 28.9. The Morgan fingerprint density at radius 1 is 0.692 bits per heavy atom. The van der Waals surface area contributed by atoms with Crippen molar-refractivity contribution in [1.82, 2.24) is 10.9 Å². The predicted molar refractivity (Wildman–Crippen MR) is 138 cm³/mol. The Kier molecular flexibility index (Phi) is 11.1. The lowest BCUT2D eigenvalue weighted by Gasteiger charge is -2.02. The highest BCUT2D eigenvalue weighted by Gasteiger charge is 2.19. The largest absolute Gasteiger partial charge is 0.285 e. The van der Waals surface area contributed by atoms with Crippen LogP contribution in [-0.2, 0) is 9.59 Å². The monoisotopic (exact) mass is 562 g/mol. The normalized spacial score (nSPS) is 10.9. The number of hydrazone groups is 2. The van der Waals surface area contributed by atoms with Crippen molar-refractivity contribution in [2.45, 2.75) is 12.8 Å². The summed E-state index contributed by atoms with van der Waals surface area (Å²) < 4.78 is 0. The summed E-state index contributed by atoms with van der Waals surface area (Å²) in [7, 11) is 0. The van der Waals surface area contributed by atoms with Gasteiger partial charge in [0.05, 0.1) is 55.4 Å². The van der Waals surface area contributed by atoms with E-state index in [-0.39, 0.29) is 24.0 Å². The van der Waals surface area contributed by atoms with E-state index in [9.17, 15) is 50.0 Å². The first-order chi connectivity index (χ1) is 18.5. The minimum Gasteiger partial charge on any atom is -0.273 e. The van der Waals surface area contributed by atoms with Gasteiger partial charge in [-0.05, 0) is 12.1 Å². The zero-order valence-corrected chi connectivity index (χ0v) is 20.4. The van der Waals surface area contributed by atoms with Crippen LogP contribution in [0.25, 0.3) is 0 Å². The van der Waals surface area contributed by atoms with Crippen molar-refractivity contribution in [3.8, 4) is 0 Å². The van der Waals surface area contributed by atoms with Crippen molar-refractivity contribution in [1.29, 1.82) is 0 Å². The third-order valence-electron chi connectivity index (χ3n) is 4.58. The number of hydrogen-bond donors (Lipinski definition) is 2. The average Bonchev–Trinajstić information content (AvgIpc) is 2.88. The van der Waals surface area contributed by atoms with Gasteiger partial charge in [0.1, 0.15) is 0 Å². The summed E-state index contributed by atoms with van der Waals surface area (Å²) in [5, 5.41) is 50.9. The molecule has 0 spiro atoms. The minimum absolute atomic E-state index is 0.00788. The second kappa shape index (κ2) is 14.4. The molecule has 2 aromatic rings. The van der Waals surface area contributed by atoms with Crippen LogP contribution >= 0.6 is 11.8 Å². The molecule has 0 saturated carbocycles. The number of nitrogens with zero attached hydrogens (tertiary/aromatic N) is 6. The second-order valence-electron chi connectivity index (χ2n) is 7.21. The number of hydrogen-bond acceptors (Lipinski definition) is 13. The van der Waals surface area contributed by atoms with Crippen molar-refractivity contribution in [2.24, 2.45) is 10.2 Å². The highest BCUT2D eigenvalue weighted by atomic mass is 32.2. The molecule has 0 aromatic heterocycles. The number of nitro groups is 4. The molecule has 0 saturated heterocycles. The lowest BCUT2D eigenvalue weighted by molar-refractivity contribution is -0.394. The number of benzene rings is 2. The van der Waals surface area contributed by atoms with Crippen LogP contribution in [-0.4, -0.2) is 55.4 Å². The third-order valence-corrected chi connectivity index (χ3v) is 5.56. The van der Waals surface area contributed by atoms with E-state index in [1.54, 1.807) is 0 Å². The van der Waals surface area contributed by atoms with E-state index < -0.39 is 54.3 Å². The van der Waals surface area contributed by atoms with Crippen LogP contribution < -0.4 is 10.9 Å². The maximum Gasteiger partial charge on any atom is 0.285 e. The lowest BCUT2D eigenvalue weighted by atomic mass is 10.2. The minimum atomic E-state index is -0.812. The Morgan fingerprint density at radius 3 is 1.41 bits per heavy atom. The Morgan fingerprint density at radius 2 is 1.08 bits per heavy atom. The first kappa shape index (κ1) is 29.9. The van der Waals surface area contributed by atoms with Gasteiger partial charge < -0.3 is 0 Å². The SMILES string of the molecule is O=C(CCSCCC(=O)N/N=C\c1ccc([N+](=O)[O-])cc1[N+](=O)[O-])N/N=C\c1ccc([N+](=O)[O-])cc1[N+](=O)[O-]. The van der Waals surface area contributed by atoms with Crippen molar-refractivity contribution >= 4 is 58.8 Å². The molecule has 2 amide bonds. The molecule has 0 bridgehead atoms. The molecule has 0 atom stereocenters. The maximum atomic E-state index is 11.9. The van der Waals surface area contributed by atoms with Crippen LogP contribution in [0.4, 0.5) is 22.7 Å². The molecule has 0 fully saturated rings. The van der Waals surface area contributed by atoms with Crippen LogP contribution in [0, 0.1) is 40.5 Å². The van der Waals surface area contributed by atoms with Gasteiger partial charge in [-0.2, -0.15) is 22.0 Å². The fourth-order valence-corrected chi connectivity index (χ4v) is 3.58. The van der Waals surface area contributed by atoms with Crippen molar-refractivity contribution in [3.63, 3.8) is 0 Å². The molecule has 0 unspecified atom stereocenters. The third kappa shape index (κ3) is 9.57. The van der Waals surface area contributed by atoms with E-state index >= 15 is 0 Å². The summed E-state index contributed by atoms with van der Waals surface area (Å²) in [6.45, 7) is 0. The van der Waals surface area contributed by atoms with E-state index in [0.717, 1.165) is 48.8 Å². The van der Waals surface area contributed by atoms with Crippen molar-refractivity contribution in [3.05, 3.63) is 88.0 Å². The number of carbonyl (C=O) groups is 2. The van der Waals surface area contributed by atoms with Crippen LogP contribution in [0.1, 0.15) is 24.0 Å². The molecule has 0 radical (unpaired) electrons. The first-order valence-corrected chi connectivity index (χ1v) is 11.7. The summed E-state index contributed by atoms with van der Waals surface area (Å²) in [6, 6.07) is 5.94. The molecular formula is C20H18N8O10S. The van der Waals surface area contributed by atoms with Gasteiger partial charge in [-0.15, -0.1) is 0 Å². The van der Waals surface area contributed by atoms with Crippen LogP contribution in [0.3, 0.4) is 0 Å². The number of nitro benzene ring substituents is 4. The number of nitrogens with one attached hydrogen (secondary N) is 2. The fraction of sp³-hybridized carbons (Fsp3) is 0.200. The maximum absolute atomic E-state index is 11.9. The summed E-state index contributed by atoms with van der Waals surface area (Å²) in [5.41, 5.74) is 2.24. The van der Waals surface area contributed by atoms with E-state index in [4.69, 9.17) is 0 Å². The summed E-state index contributed by atoms with van der Waals surface area (Å²) in [6.07, 6.45) is 1.99. The molecule has 0 aliphatic heterocycles. The summed E-state index contributed by atoms with van der Waals surface area (Å²) in [4.78, 5) is 64.2. The lowest BCUT2D eigenvalue weighted by Crippen LogP contribution is -2.19. The Balaban J connectivity index is 1.73. The molecule has 2 rings (SSSR count). The molecule has 204 valence electrons. The van der Waals surface area contributed by atoms with E-state index in [2.05, 4.69) is 21.1 Å². The standard InChI is InChI=1S/C20H18N8O10S/c29-19(23-21-11-13-1-3-15(25(31)32)9-17(13)27(35)36)5-7-39-8-6-20(30)24-22-12-14-2-4-16(26(33)34)10-18(14)28(37)38/h1-4,9-12H,5-8H2,(H,23,29)(H,24,30)/b21-11-,22-12-. The molecule has 18 nitrogen and oxygen atoms in total. The molecule has 0 heterocycles. The average molecular weight is 562 g/mol. The number of amides is 2. The van der Waals surface area contributed by atoms with Crippen LogP contribution in [0.15, 0.2) is 46.6 Å². The van der Waals surface area contributed by atoms with E-state index in [1.807, 2.05) is 0 Å². The zero-order valence-electron chi connectivity index (χ0n) is 19.6. The smallest absolute Gasteiger partial charge is 0.273 e. The van der Waals surface area contributed by atoms with Crippen LogP contribution in [0.2, 0.25) is 0 Å². The number of thioether (sulfide) groups is 1. The number of carbonyl (C=O) groups excluding carboxylic acids is 2. The van der Waals surface area contributed by atoms with Crippen molar-refractivity contribution < 1.29 is 29.3 Å². The van der Waals surface area contributed by atoms with Gasteiger partial charge in [-0.25, -0.2) is 10.9 Å². The molecule has 2 aromatic carbocycles. The Labute approximate surface area is 221 Å². The topological polar surface area (TPSA) is 255 Å². The number of rotatable bonds is 14. The second-order valence-corrected chi connectivity index (χ2v) is 8.44. The molecule has 19 heteroatoms. The molecular weight excluding hydrogens is 544 g/mol. The molecule has 39 heavy (non-hydrogen) atoms. The first-order valence-electron chi connectivity index (χ1n) is 10.6. The van der Waals surface area contributed by atoms with Gasteiger partial charge in [0.25, 0.3) is 22.7 Å².